The number of nitrogens with one attached hydrogen (secondary N) is 1. The Hall–Kier alpha value is -2.64. The van der Waals surface area contributed by atoms with Crippen molar-refractivity contribution in [3.8, 4) is 0 Å². The second-order valence-corrected chi connectivity index (χ2v) is 8.64. The van der Waals surface area contributed by atoms with Crippen molar-refractivity contribution in [2.75, 3.05) is 70.3 Å². The van der Waals surface area contributed by atoms with E-state index in [-0.39, 0.29) is 11.8 Å². The van der Waals surface area contributed by atoms with Gasteiger partial charge in [0.25, 0.3) is 0 Å². The lowest BCUT2D eigenvalue weighted by Gasteiger charge is -2.36. The van der Waals surface area contributed by atoms with Crippen molar-refractivity contribution in [2.45, 2.75) is 13.0 Å². The summed E-state index contributed by atoms with van der Waals surface area (Å²) in [6, 6.07) is 17.2. The number of halogens is 1. The molecule has 32 heavy (non-hydrogen) atoms. The van der Waals surface area contributed by atoms with E-state index >= 15 is 0 Å². The summed E-state index contributed by atoms with van der Waals surface area (Å²) in [5, 5.41) is 3.08. The van der Waals surface area contributed by atoms with E-state index in [0.29, 0.717) is 19.6 Å². The van der Waals surface area contributed by atoms with Gasteiger partial charge in [-0.1, -0.05) is 30.3 Å². The Kier molecular flexibility index (Phi) is 7.96. The largest absolute Gasteiger partial charge is 0.368 e. The molecule has 2 aliphatic heterocycles. The Morgan fingerprint density at radius 3 is 2.16 bits per heavy atom. The van der Waals surface area contributed by atoms with Gasteiger partial charge in [0.15, 0.2) is 0 Å². The van der Waals surface area contributed by atoms with E-state index in [0.717, 1.165) is 64.5 Å². The maximum absolute atomic E-state index is 13.1. The van der Waals surface area contributed by atoms with Gasteiger partial charge in [0.05, 0.1) is 0 Å². The number of carbonyl (C=O) groups excluding carboxylic acids is 1. The van der Waals surface area contributed by atoms with Crippen LogP contribution in [0.4, 0.5) is 14.9 Å². The van der Waals surface area contributed by atoms with Crippen LogP contribution < -0.4 is 10.2 Å². The summed E-state index contributed by atoms with van der Waals surface area (Å²) < 4.78 is 13.1. The fourth-order valence-corrected chi connectivity index (χ4v) is 4.44. The molecule has 0 saturated carbocycles. The molecule has 0 aliphatic carbocycles. The van der Waals surface area contributed by atoms with Gasteiger partial charge in [-0.05, 0) is 42.8 Å². The highest BCUT2D eigenvalue weighted by atomic mass is 19.1. The number of urea groups is 1. The third-order valence-electron chi connectivity index (χ3n) is 6.40. The number of rotatable bonds is 7. The highest BCUT2D eigenvalue weighted by Crippen LogP contribution is 2.17. The van der Waals surface area contributed by atoms with Gasteiger partial charge in [0.2, 0.25) is 0 Å². The lowest BCUT2D eigenvalue weighted by Crippen LogP contribution is -2.52. The molecule has 0 atom stereocenters. The van der Waals surface area contributed by atoms with E-state index in [1.165, 1.54) is 17.7 Å². The molecule has 0 spiro atoms. The molecule has 2 aliphatic rings. The maximum atomic E-state index is 13.1. The highest BCUT2D eigenvalue weighted by Gasteiger charge is 2.21. The lowest BCUT2D eigenvalue weighted by atomic mass is 10.2. The van der Waals surface area contributed by atoms with Crippen molar-refractivity contribution in [2.24, 2.45) is 0 Å². The van der Waals surface area contributed by atoms with Gasteiger partial charge in [-0.2, -0.15) is 0 Å². The second kappa shape index (κ2) is 11.3. The number of nitrogens with zero attached hydrogens (tertiary/aromatic N) is 4. The smallest absolute Gasteiger partial charge is 0.317 e. The predicted molar refractivity (Wildman–Crippen MR) is 126 cm³/mol. The number of benzene rings is 2. The molecule has 172 valence electrons. The first-order valence-corrected chi connectivity index (χ1v) is 11.7. The normalized spacial score (nSPS) is 18.0. The SMILES string of the molecule is O=C(NCCCN1CCN(Cc2ccccc2)CC1)N1CCN(c2ccc(F)cc2)CC1. The highest BCUT2D eigenvalue weighted by molar-refractivity contribution is 5.74. The van der Waals surface area contributed by atoms with E-state index in [1.54, 1.807) is 12.1 Å². The molecule has 4 rings (SSSR count). The van der Waals surface area contributed by atoms with Crippen molar-refractivity contribution < 1.29 is 9.18 Å². The molecule has 1 N–H and O–H groups in total. The van der Waals surface area contributed by atoms with E-state index in [9.17, 15) is 9.18 Å². The van der Waals surface area contributed by atoms with Crippen molar-refractivity contribution in [1.82, 2.24) is 20.0 Å². The first kappa shape index (κ1) is 22.6. The Morgan fingerprint density at radius 1 is 0.812 bits per heavy atom. The molecule has 0 unspecified atom stereocenters. The Balaban J connectivity index is 1.08. The molecule has 0 aromatic heterocycles. The summed E-state index contributed by atoms with van der Waals surface area (Å²) in [5.74, 6) is -0.221. The first-order valence-electron chi connectivity index (χ1n) is 11.7. The zero-order valence-corrected chi connectivity index (χ0v) is 18.8. The number of anilines is 1. The molecular weight excluding hydrogens is 405 g/mol. The van der Waals surface area contributed by atoms with Crippen LogP contribution in [0, 0.1) is 5.82 Å². The van der Waals surface area contributed by atoms with Gasteiger partial charge in [-0.15, -0.1) is 0 Å². The number of carbonyl (C=O) groups is 1. The standard InChI is InChI=1S/C25H34FN5O/c26-23-7-9-24(10-8-23)30-17-19-31(20-18-30)25(32)27-11-4-12-28-13-15-29(16-14-28)21-22-5-2-1-3-6-22/h1-3,5-10H,4,11-21H2,(H,27,32). The fraction of sp³-hybridized carbons (Fsp3) is 0.480. The Morgan fingerprint density at radius 2 is 1.47 bits per heavy atom. The number of piperazine rings is 2. The van der Waals surface area contributed by atoms with Crippen LogP contribution in [0.25, 0.3) is 0 Å². The van der Waals surface area contributed by atoms with E-state index in [1.807, 2.05) is 4.90 Å². The van der Waals surface area contributed by atoms with Gasteiger partial charge < -0.3 is 20.0 Å². The second-order valence-electron chi connectivity index (χ2n) is 8.64. The monoisotopic (exact) mass is 439 g/mol. The molecule has 2 heterocycles. The Bertz CT molecular complexity index is 831. The van der Waals surface area contributed by atoms with Crippen LogP contribution in [0.1, 0.15) is 12.0 Å². The quantitative estimate of drug-likeness (QED) is 0.674. The minimum atomic E-state index is -0.221. The van der Waals surface area contributed by atoms with Crippen LogP contribution >= 0.6 is 0 Å². The first-order chi connectivity index (χ1) is 15.7. The molecule has 7 heteroatoms. The predicted octanol–water partition coefficient (Wildman–Crippen LogP) is 2.87. The minimum Gasteiger partial charge on any atom is -0.368 e. The third kappa shape index (κ3) is 6.43. The summed E-state index contributed by atoms with van der Waals surface area (Å²) >= 11 is 0. The fourth-order valence-electron chi connectivity index (χ4n) is 4.44. The van der Waals surface area contributed by atoms with Crippen LogP contribution in [-0.4, -0.2) is 86.2 Å². The summed E-state index contributed by atoms with van der Waals surface area (Å²) in [6.07, 6.45) is 0.972. The van der Waals surface area contributed by atoms with Gasteiger partial charge in [0, 0.05) is 71.1 Å². The summed E-state index contributed by atoms with van der Waals surface area (Å²) in [4.78, 5) is 21.6. The van der Waals surface area contributed by atoms with Gasteiger partial charge in [0.1, 0.15) is 5.82 Å². The van der Waals surface area contributed by atoms with Crippen LogP contribution in [0.2, 0.25) is 0 Å². The molecule has 6 nitrogen and oxygen atoms in total. The lowest BCUT2D eigenvalue weighted by molar-refractivity contribution is 0.126. The van der Waals surface area contributed by atoms with Crippen LogP contribution in [0.3, 0.4) is 0 Å². The number of amides is 2. The van der Waals surface area contributed by atoms with Gasteiger partial charge in [-0.3, -0.25) is 4.90 Å². The van der Waals surface area contributed by atoms with Crippen LogP contribution in [0.15, 0.2) is 54.6 Å². The number of hydrogen-bond acceptors (Lipinski definition) is 4. The molecule has 2 aromatic carbocycles. The van der Waals surface area contributed by atoms with Gasteiger partial charge >= 0.3 is 6.03 Å². The summed E-state index contributed by atoms with van der Waals surface area (Å²) in [6.45, 7) is 10.0. The van der Waals surface area contributed by atoms with E-state index in [4.69, 9.17) is 0 Å². The average Bonchev–Trinajstić information content (AvgIpc) is 2.84. The molecule has 2 aromatic rings. The molecule has 2 amide bonds. The van der Waals surface area contributed by atoms with E-state index in [2.05, 4.69) is 50.3 Å². The topological polar surface area (TPSA) is 42.1 Å². The van der Waals surface area contributed by atoms with Crippen LogP contribution in [-0.2, 0) is 6.54 Å². The molecule has 2 fully saturated rings. The van der Waals surface area contributed by atoms with Gasteiger partial charge in [-0.25, -0.2) is 9.18 Å². The Labute approximate surface area is 190 Å². The molecule has 0 bridgehead atoms. The van der Waals surface area contributed by atoms with Crippen molar-refractivity contribution in [3.05, 3.63) is 66.0 Å². The minimum absolute atomic E-state index is 0.0245. The average molecular weight is 440 g/mol. The van der Waals surface area contributed by atoms with Crippen molar-refractivity contribution in [3.63, 3.8) is 0 Å². The van der Waals surface area contributed by atoms with Crippen molar-refractivity contribution in [1.29, 1.82) is 0 Å². The summed E-state index contributed by atoms with van der Waals surface area (Å²) in [5.41, 5.74) is 2.39. The zero-order chi connectivity index (χ0) is 22.2. The summed E-state index contributed by atoms with van der Waals surface area (Å²) in [7, 11) is 0. The van der Waals surface area contributed by atoms with Crippen molar-refractivity contribution >= 4 is 11.7 Å². The molecule has 2 saturated heterocycles. The molecule has 0 radical (unpaired) electrons. The maximum Gasteiger partial charge on any atom is 0.317 e. The zero-order valence-electron chi connectivity index (χ0n) is 18.8. The third-order valence-corrected chi connectivity index (χ3v) is 6.40. The van der Waals surface area contributed by atoms with E-state index < -0.39 is 0 Å². The number of hydrogen-bond donors (Lipinski definition) is 1. The van der Waals surface area contributed by atoms with Crippen LogP contribution in [0.5, 0.6) is 0 Å². The molecular formula is C25H34FN5O.